The Morgan fingerprint density at radius 3 is 2.48 bits per heavy atom. The minimum absolute atomic E-state index is 0.0526. The van der Waals surface area contributed by atoms with Crippen molar-refractivity contribution in [3.63, 3.8) is 0 Å². The molecule has 3 rings (SSSR count). The smallest absolute Gasteiger partial charge is 0.324 e. The summed E-state index contributed by atoms with van der Waals surface area (Å²) in [6.45, 7) is -0.564. The molecule has 1 aliphatic heterocycles. The van der Waals surface area contributed by atoms with Crippen molar-refractivity contribution in [3.05, 3.63) is 70.4 Å². The highest BCUT2D eigenvalue weighted by atomic mass is 32.2. The molecule has 4 nitrogen and oxygen atoms in total. The van der Waals surface area contributed by atoms with E-state index >= 15 is 0 Å². The van der Waals surface area contributed by atoms with Crippen LogP contribution in [0, 0.1) is 5.82 Å². The Hall–Kier alpha value is -2.72. The van der Waals surface area contributed by atoms with Gasteiger partial charge in [0.05, 0.1) is 16.2 Å². The Morgan fingerprint density at radius 2 is 1.79 bits per heavy atom. The summed E-state index contributed by atoms with van der Waals surface area (Å²) < 4.78 is 53.0. The molecule has 1 N–H and O–H groups in total. The van der Waals surface area contributed by atoms with Crippen LogP contribution >= 0.6 is 24.0 Å². The number of alkyl halides is 3. The Kier molecular flexibility index (Phi) is 6.04. The van der Waals surface area contributed by atoms with Crippen molar-refractivity contribution in [1.29, 1.82) is 0 Å². The van der Waals surface area contributed by atoms with Gasteiger partial charge >= 0.3 is 6.18 Å². The van der Waals surface area contributed by atoms with E-state index in [1.807, 2.05) is 0 Å². The van der Waals surface area contributed by atoms with Crippen LogP contribution < -0.4 is 5.32 Å². The second-order valence-electron chi connectivity index (χ2n) is 5.88. The first-order valence-electron chi connectivity index (χ1n) is 8.13. The number of hydrogen-bond acceptors (Lipinski definition) is 4. The lowest BCUT2D eigenvalue weighted by molar-refractivity contribution is -0.137. The van der Waals surface area contributed by atoms with Gasteiger partial charge in [0.15, 0.2) is 0 Å². The first-order chi connectivity index (χ1) is 13.7. The summed E-state index contributed by atoms with van der Waals surface area (Å²) in [6.07, 6.45) is -3.33. The lowest BCUT2D eigenvalue weighted by Crippen LogP contribution is -2.36. The highest BCUT2D eigenvalue weighted by Crippen LogP contribution is 2.35. The van der Waals surface area contributed by atoms with E-state index in [0.29, 0.717) is 0 Å². The van der Waals surface area contributed by atoms with Gasteiger partial charge in [0.1, 0.15) is 16.7 Å². The molecule has 2 amide bonds. The monoisotopic (exact) mass is 440 g/mol. The van der Waals surface area contributed by atoms with Gasteiger partial charge < -0.3 is 5.32 Å². The maximum atomic E-state index is 13.8. The summed E-state index contributed by atoms with van der Waals surface area (Å²) >= 11 is 5.97. The van der Waals surface area contributed by atoms with Gasteiger partial charge in [-0.25, -0.2) is 4.39 Å². The summed E-state index contributed by atoms with van der Waals surface area (Å²) in [4.78, 5) is 25.8. The molecule has 1 aliphatic rings. The maximum Gasteiger partial charge on any atom is 0.418 e. The van der Waals surface area contributed by atoms with Gasteiger partial charge in [0.25, 0.3) is 5.91 Å². The number of nitrogens with one attached hydrogen (secondary N) is 1. The van der Waals surface area contributed by atoms with Gasteiger partial charge in [-0.2, -0.15) is 13.2 Å². The number of thioether (sulfide) groups is 1. The molecular formula is C19H12F4N2O2S2. The van der Waals surface area contributed by atoms with Crippen LogP contribution in [-0.4, -0.2) is 27.6 Å². The third-order valence-electron chi connectivity index (χ3n) is 3.87. The Balaban J connectivity index is 1.74. The molecule has 0 radical (unpaired) electrons. The fourth-order valence-corrected chi connectivity index (χ4v) is 3.79. The van der Waals surface area contributed by atoms with Crippen LogP contribution in [0.25, 0.3) is 6.08 Å². The van der Waals surface area contributed by atoms with Crippen molar-refractivity contribution in [2.75, 3.05) is 11.9 Å². The molecule has 0 aromatic heterocycles. The molecule has 2 aromatic rings. The average molecular weight is 440 g/mol. The molecule has 0 spiro atoms. The first-order valence-corrected chi connectivity index (χ1v) is 9.35. The van der Waals surface area contributed by atoms with E-state index in [-0.39, 0.29) is 14.8 Å². The standard InChI is InChI=1S/C19H12F4N2O2S2/c20-13-7-3-1-5-11(13)9-15-17(27)25(18(28)29-15)10-16(26)24-14-8-4-2-6-12(14)19(21,22)23/h1-9H,10H2,(H,24,26)/b15-9-. The molecular weight excluding hydrogens is 428 g/mol. The van der Waals surface area contributed by atoms with Crippen molar-refractivity contribution >= 4 is 51.9 Å². The second kappa shape index (κ2) is 8.34. The number of amides is 2. The molecule has 2 aromatic carbocycles. The zero-order valence-electron chi connectivity index (χ0n) is 14.5. The van der Waals surface area contributed by atoms with Gasteiger partial charge in [-0.15, -0.1) is 0 Å². The van der Waals surface area contributed by atoms with Crippen molar-refractivity contribution in [1.82, 2.24) is 4.90 Å². The van der Waals surface area contributed by atoms with Crippen molar-refractivity contribution in [3.8, 4) is 0 Å². The number of rotatable bonds is 4. The molecule has 0 saturated carbocycles. The lowest BCUT2D eigenvalue weighted by atomic mass is 10.1. The summed E-state index contributed by atoms with van der Waals surface area (Å²) in [6, 6.07) is 10.3. The third-order valence-corrected chi connectivity index (χ3v) is 5.25. The van der Waals surface area contributed by atoms with E-state index in [9.17, 15) is 27.2 Å². The van der Waals surface area contributed by atoms with E-state index in [1.165, 1.54) is 36.4 Å². The number of carbonyl (C=O) groups is 2. The van der Waals surface area contributed by atoms with Gasteiger partial charge in [-0.05, 0) is 24.3 Å². The maximum absolute atomic E-state index is 13.8. The number of para-hydroxylation sites is 1. The van der Waals surface area contributed by atoms with Crippen LogP contribution in [0.2, 0.25) is 0 Å². The highest BCUT2D eigenvalue weighted by Gasteiger charge is 2.35. The predicted molar refractivity (Wildman–Crippen MR) is 106 cm³/mol. The van der Waals surface area contributed by atoms with Crippen molar-refractivity contribution < 1.29 is 27.2 Å². The quantitative estimate of drug-likeness (QED) is 0.426. The number of carbonyl (C=O) groups excluding carboxylic acids is 2. The largest absolute Gasteiger partial charge is 0.418 e. The average Bonchev–Trinajstić information content (AvgIpc) is 2.90. The van der Waals surface area contributed by atoms with Crippen molar-refractivity contribution in [2.45, 2.75) is 6.18 Å². The fourth-order valence-electron chi connectivity index (χ4n) is 2.54. The van der Waals surface area contributed by atoms with Gasteiger partial charge in [0.2, 0.25) is 5.91 Å². The van der Waals surface area contributed by atoms with Gasteiger partial charge in [0, 0.05) is 5.56 Å². The minimum Gasteiger partial charge on any atom is -0.324 e. The third kappa shape index (κ3) is 4.83. The zero-order valence-corrected chi connectivity index (χ0v) is 16.1. The van der Waals surface area contributed by atoms with E-state index in [0.717, 1.165) is 28.8 Å². The molecule has 1 fully saturated rings. The lowest BCUT2D eigenvalue weighted by Gasteiger charge is -2.16. The van der Waals surface area contributed by atoms with E-state index in [4.69, 9.17) is 12.2 Å². The molecule has 10 heteroatoms. The molecule has 0 atom stereocenters. The molecule has 29 heavy (non-hydrogen) atoms. The van der Waals surface area contributed by atoms with E-state index in [2.05, 4.69) is 5.32 Å². The molecule has 0 bridgehead atoms. The van der Waals surface area contributed by atoms with Gasteiger partial charge in [-0.1, -0.05) is 54.3 Å². The Morgan fingerprint density at radius 1 is 1.14 bits per heavy atom. The predicted octanol–water partition coefficient (Wildman–Crippen LogP) is 4.68. The number of thiocarbonyl (C=S) groups is 1. The molecule has 0 unspecified atom stereocenters. The number of anilines is 1. The summed E-state index contributed by atoms with van der Waals surface area (Å²) in [5, 5.41) is 2.16. The van der Waals surface area contributed by atoms with Crippen LogP contribution in [-0.2, 0) is 15.8 Å². The molecule has 1 heterocycles. The molecule has 1 saturated heterocycles. The topological polar surface area (TPSA) is 49.4 Å². The van der Waals surface area contributed by atoms with Crippen LogP contribution in [0.15, 0.2) is 53.4 Å². The second-order valence-corrected chi connectivity index (χ2v) is 7.56. The first kappa shape index (κ1) is 21.0. The summed E-state index contributed by atoms with van der Waals surface area (Å²) in [5.74, 6) is -1.99. The van der Waals surface area contributed by atoms with Crippen LogP contribution in [0.3, 0.4) is 0 Å². The van der Waals surface area contributed by atoms with E-state index in [1.54, 1.807) is 6.07 Å². The minimum atomic E-state index is -4.64. The van der Waals surface area contributed by atoms with Crippen LogP contribution in [0.4, 0.5) is 23.2 Å². The highest BCUT2D eigenvalue weighted by molar-refractivity contribution is 8.26. The van der Waals surface area contributed by atoms with Crippen LogP contribution in [0.1, 0.15) is 11.1 Å². The number of hydrogen-bond donors (Lipinski definition) is 1. The zero-order chi connectivity index (χ0) is 21.2. The Bertz CT molecular complexity index is 1020. The van der Waals surface area contributed by atoms with Crippen molar-refractivity contribution in [2.24, 2.45) is 0 Å². The molecule has 150 valence electrons. The Labute approximate surface area is 172 Å². The summed E-state index contributed by atoms with van der Waals surface area (Å²) in [5.41, 5.74) is -1.24. The number of benzene rings is 2. The van der Waals surface area contributed by atoms with Gasteiger partial charge in [-0.3, -0.25) is 14.5 Å². The fraction of sp³-hybridized carbons (Fsp3) is 0.105. The normalized spacial score (nSPS) is 15.9. The van der Waals surface area contributed by atoms with Crippen LogP contribution in [0.5, 0.6) is 0 Å². The number of halogens is 4. The SMILES string of the molecule is O=C(CN1C(=O)/C(=C/c2ccccc2F)SC1=S)Nc1ccccc1C(F)(F)F. The van der Waals surface area contributed by atoms with E-state index < -0.39 is 41.6 Å². The summed E-state index contributed by atoms with van der Waals surface area (Å²) in [7, 11) is 0. The molecule has 0 aliphatic carbocycles. The number of nitrogens with zero attached hydrogens (tertiary/aromatic N) is 1.